The fraction of sp³-hybridized carbons (Fsp3) is 0.353. The molecule has 3 amide bonds. The van der Waals surface area contributed by atoms with Crippen molar-refractivity contribution in [2.75, 3.05) is 19.4 Å². The second-order valence-corrected chi connectivity index (χ2v) is 5.90. The molecule has 1 aromatic carbocycles. The van der Waals surface area contributed by atoms with Crippen molar-refractivity contribution in [2.45, 2.75) is 24.8 Å². The lowest BCUT2D eigenvalue weighted by atomic mass is 10.1. The summed E-state index contributed by atoms with van der Waals surface area (Å²) in [5.41, 5.74) is 0.637. The highest BCUT2D eigenvalue weighted by Gasteiger charge is 2.51. The van der Waals surface area contributed by atoms with Crippen LogP contribution in [0.3, 0.4) is 0 Å². The summed E-state index contributed by atoms with van der Waals surface area (Å²) in [6.07, 6.45) is 2.68. The lowest BCUT2D eigenvalue weighted by molar-refractivity contribution is -0.135. The van der Waals surface area contributed by atoms with E-state index in [1.54, 1.807) is 38.4 Å². The van der Waals surface area contributed by atoms with Crippen molar-refractivity contribution >= 4 is 23.4 Å². The minimum absolute atomic E-state index is 0.0714. The van der Waals surface area contributed by atoms with Crippen molar-refractivity contribution in [3.63, 3.8) is 0 Å². The molecular weight excluding hydrogens is 294 g/mol. The third-order valence-electron chi connectivity index (χ3n) is 3.69. The van der Waals surface area contributed by atoms with E-state index in [0.29, 0.717) is 18.5 Å². The van der Waals surface area contributed by atoms with Crippen LogP contribution in [0.5, 0.6) is 0 Å². The Balaban J connectivity index is 1.98. The number of hydrogen-bond acceptors (Lipinski definition) is 3. The van der Waals surface area contributed by atoms with Crippen molar-refractivity contribution in [1.29, 1.82) is 0 Å². The average Bonchev–Trinajstić information content (AvgIpc) is 3.27. The van der Waals surface area contributed by atoms with Crippen molar-refractivity contribution in [1.82, 2.24) is 10.2 Å². The fourth-order valence-electron chi connectivity index (χ4n) is 2.39. The lowest BCUT2D eigenvalue weighted by Gasteiger charge is -2.21. The summed E-state index contributed by atoms with van der Waals surface area (Å²) in [7, 11) is 3.36. The maximum Gasteiger partial charge on any atom is 0.247 e. The first-order valence-electron chi connectivity index (χ1n) is 7.41. The number of benzene rings is 1. The summed E-state index contributed by atoms with van der Waals surface area (Å²) in [6, 6.07) is 7.03. The van der Waals surface area contributed by atoms with Gasteiger partial charge in [0.05, 0.1) is 6.42 Å². The van der Waals surface area contributed by atoms with E-state index in [0.717, 1.165) is 5.56 Å². The molecule has 0 heterocycles. The first-order valence-corrected chi connectivity index (χ1v) is 7.41. The molecule has 1 aliphatic rings. The molecule has 23 heavy (non-hydrogen) atoms. The molecule has 6 nitrogen and oxygen atoms in total. The maximum absolute atomic E-state index is 12.2. The van der Waals surface area contributed by atoms with E-state index in [9.17, 15) is 14.4 Å². The van der Waals surface area contributed by atoms with Crippen LogP contribution in [0.15, 0.2) is 36.9 Å². The minimum Gasteiger partial charge on any atom is -0.347 e. The van der Waals surface area contributed by atoms with Gasteiger partial charge in [0.15, 0.2) is 0 Å². The van der Waals surface area contributed by atoms with E-state index in [1.807, 2.05) is 0 Å². The van der Waals surface area contributed by atoms with E-state index in [4.69, 9.17) is 0 Å². The van der Waals surface area contributed by atoms with Crippen molar-refractivity contribution < 1.29 is 14.4 Å². The third-order valence-corrected chi connectivity index (χ3v) is 3.69. The van der Waals surface area contributed by atoms with Crippen LogP contribution in [0.1, 0.15) is 18.4 Å². The molecule has 122 valence electrons. The van der Waals surface area contributed by atoms with E-state index < -0.39 is 5.54 Å². The molecule has 2 N–H and O–H groups in total. The van der Waals surface area contributed by atoms with Crippen LogP contribution in [0, 0.1) is 0 Å². The van der Waals surface area contributed by atoms with Crippen LogP contribution in [-0.2, 0) is 20.8 Å². The van der Waals surface area contributed by atoms with Crippen LogP contribution in [-0.4, -0.2) is 42.3 Å². The highest BCUT2D eigenvalue weighted by molar-refractivity contribution is 5.99. The van der Waals surface area contributed by atoms with Crippen LogP contribution in [0.4, 0.5) is 5.69 Å². The summed E-state index contributed by atoms with van der Waals surface area (Å²) in [4.78, 5) is 37.1. The Morgan fingerprint density at radius 1 is 1.30 bits per heavy atom. The number of amides is 3. The largest absolute Gasteiger partial charge is 0.347 e. The SMILES string of the molecule is C=CC(=O)Nc1cccc(CC(=O)NC2(C(=O)N(C)C)CC2)c1. The first-order chi connectivity index (χ1) is 10.9. The van der Waals surface area contributed by atoms with Crippen molar-refractivity contribution in [3.8, 4) is 0 Å². The molecule has 0 aromatic heterocycles. The smallest absolute Gasteiger partial charge is 0.247 e. The van der Waals surface area contributed by atoms with Gasteiger partial charge in [-0.05, 0) is 36.6 Å². The maximum atomic E-state index is 12.2. The molecule has 0 radical (unpaired) electrons. The van der Waals surface area contributed by atoms with Crippen LogP contribution >= 0.6 is 0 Å². The number of likely N-dealkylation sites (N-methyl/N-ethyl adjacent to an activating group) is 1. The molecule has 2 rings (SSSR count). The first kappa shape index (κ1) is 16.7. The van der Waals surface area contributed by atoms with Crippen LogP contribution < -0.4 is 10.6 Å². The summed E-state index contributed by atoms with van der Waals surface area (Å²) < 4.78 is 0. The highest BCUT2D eigenvalue weighted by atomic mass is 16.2. The predicted octanol–water partition coefficient (Wildman–Crippen LogP) is 1.09. The summed E-state index contributed by atoms with van der Waals surface area (Å²) in [5.74, 6) is -0.581. The molecule has 0 bridgehead atoms. The summed E-state index contributed by atoms with van der Waals surface area (Å²) in [5, 5.41) is 5.48. The fourth-order valence-corrected chi connectivity index (χ4v) is 2.39. The van der Waals surface area contributed by atoms with Gasteiger partial charge in [0.2, 0.25) is 17.7 Å². The highest BCUT2D eigenvalue weighted by Crippen LogP contribution is 2.36. The number of carbonyl (C=O) groups is 3. The molecule has 6 heteroatoms. The van der Waals surface area contributed by atoms with Crippen LogP contribution in [0.2, 0.25) is 0 Å². The monoisotopic (exact) mass is 315 g/mol. The van der Waals surface area contributed by atoms with Gasteiger partial charge in [-0.1, -0.05) is 18.7 Å². The molecule has 0 unspecified atom stereocenters. The molecule has 1 fully saturated rings. The zero-order valence-corrected chi connectivity index (χ0v) is 13.4. The quantitative estimate of drug-likeness (QED) is 0.771. The molecule has 1 aromatic rings. The summed E-state index contributed by atoms with van der Waals surface area (Å²) >= 11 is 0. The van der Waals surface area contributed by atoms with Gasteiger partial charge in [-0.25, -0.2) is 0 Å². The minimum atomic E-state index is -0.727. The molecule has 0 saturated heterocycles. The molecule has 0 atom stereocenters. The standard InChI is InChI=1S/C17H21N3O3/c1-4-14(21)18-13-7-5-6-12(10-13)11-15(22)19-17(8-9-17)16(23)20(2)3/h4-7,10H,1,8-9,11H2,2-3H3,(H,18,21)(H,19,22). The van der Waals surface area contributed by atoms with Gasteiger partial charge < -0.3 is 15.5 Å². The number of carbonyl (C=O) groups excluding carboxylic acids is 3. The van der Waals surface area contributed by atoms with Crippen LogP contribution in [0.25, 0.3) is 0 Å². The van der Waals surface area contributed by atoms with E-state index >= 15 is 0 Å². The van der Waals surface area contributed by atoms with Gasteiger partial charge in [-0.2, -0.15) is 0 Å². The Kier molecular flexibility index (Phi) is 4.83. The molecule has 0 aliphatic heterocycles. The zero-order chi connectivity index (χ0) is 17.0. The van der Waals surface area contributed by atoms with E-state index in [2.05, 4.69) is 17.2 Å². The topological polar surface area (TPSA) is 78.5 Å². The second-order valence-electron chi connectivity index (χ2n) is 5.90. The molecule has 1 aliphatic carbocycles. The number of nitrogens with one attached hydrogen (secondary N) is 2. The number of rotatable bonds is 6. The second kappa shape index (κ2) is 6.64. The van der Waals surface area contributed by atoms with E-state index in [-0.39, 0.29) is 24.1 Å². The van der Waals surface area contributed by atoms with Gasteiger partial charge in [-0.15, -0.1) is 0 Å². The van der Waals surface area contributed by atoms with Gasteiger partial charge in [0.25, 0.3) is 0 Å². The predicted molar refractivity (Wildman–Crippen MR) is 87.8 cm³/mol. The van der Waals surface area contributed by atoms with Crippen molar-refractivity contribution in [2.24, 2.45) is 0 Å². The normalized spacial score (nSPS) is 14.5. The van der Waals surface area contributed by atoms with E-state index in [1.165, 1.54) is 11.0 Å². The van der Waals surface area contributed by atoms with Gasteiger partial charge >= 0.3 is 0 Å². The number of nitrogens with zero attached hydrogens (tertiary/aromatic N) is 1. The Morgan fingerprint density at radius 3 is 2.57 bits per heavy atom. The lowest BCUT2D eigenvalue weighted by Crippen LogP contribution is -2.48. The third kappa shape index (κ3) is 4.18. The Labute approximate surface area is 135 Å². The van der Waals surface area contributed by atoms with Gasteiger partial charge in [0, 0.05) is 19.8 Å². The molecular formula is C17H21N3O3. The Hall–Kier alpha value is -2.63. The number of anilines is 1. The van der Waals surface area contributed by atoms with Gasteiger partial charge in [0.1, 0.15) is 5.54 Å². The number of hydrogen-bond donors (Lipinski definition) is 2. The Bertz CT molecular complexity index is 648. The van der Waals surface area contributed by atoms with Crippen molar-refractivity contribution in [3.05, 3.63) is 42.5 Å². The van der Waals surface area contributed by atoms with Gasteiger partial charge in [-0.3, -0.25) is 14.4 Å². The zero-order valence-electron chi connectivity index (χ0n) is 13.4. The summed E-state index contributed by atoms with van der Waals surface area (Å²) in [6.45, 7) is 3.39. The molecule has 0 spiro atoms. The molecule has 1 saturated carbocycles. The Morgan fingerprint density at radius 2 is 2.00 bits per heavy atom. The average molecular weight is 315 g/mol.